The van der Waals surface area contributed by atoms with Crippen molar-refractivity contribution in [3.8, 4) is 44.7 Å². The summed E-state index contributed by atoms with van der Waals surface area (Å²) in [6.45, 7) is 2.97. The van der Waals surface area contributed by atoms with Crippen LogP contribution >= 0.6 is 34.5 Å². The first-order valence-corrected chi connectivity index (χ1v) is 11.9. The Labute approximate surface area is 206 Å². The van der Waals surface area contributed by atoms with Gasteiger partial charge >= 0.3 is 0 Å². The maximum atomic E-state index is 6.59. The van der Waals surface area contributed by atoms with E-state index in [1.807, 2.05) is 30.3 Å². The third-order valence-corrected chi connectivity index (χ3v) is 6.42. The summed E-state index contributed by atoms with van der Waals surface area (Å²) in [5, 5.41) is 5.04. The number of nitrogens with zero attached hydrogens (tertiary/aromatic N) is 3. The number of nitrogens with one attached hydrogen (secondary N) is 1. The molecule has 2 aromatic heterocycles. The van der Waals surface area contributed by atoms with Gasteiger partial charge in [-0.05, 0) is 36.8 Å². The molecule has 0 unspecified atom stereocenters. The number of anilines is 1. The number of hydrogen-bond donors (Lipinski definition) is 1. The molecule has 0 aliphatic heterocycles. The van der Waals surface area contributed by atoms with Crippen molar-refractivity contribution >= 4 is 39.7 Å². The summed E-state index contributed by atoms with van der Waals surface area (Å²) < 4.78 is 10.7. The quantitative estimate of drug-likeness (QED) is 0.278. The van der Waals surface area contributed by atoms with Gasteiger partial charge in [-0.3, -0.25) is 0 Å². The van der Waals surface area contributed by atoms with E-state index in [1.165, 1.54) is 11.3 Å². The highest BCUT2D eigenvalue weighted by Crippen LogP contribution is 2.40. The summed E-state index contributed by atoms with van der Waals surface area (Å²) in [4.78, 5) is 15.0. The minimum atomic E-state index is 0.440. The summed E-state index contributed by atoms with van der Waals surface area (Å²) in [7, 11) is 3.19. The molecule has 0 saturated heterocycles. The molecular weight excluding hydrogens is 479 g/mol. The van der Waals surface area contributed by atoms with E-state index in [0.717, 1.165) is 34.2 Å². The maximum Gasteiger partial charge on any atom is 0.183 e. The Morgan fingerprint density at radius 3 is 2.36 bits per heavy atom. The highest BCUT2D eigenvalue weighted by molar-refractivity contribution is 7.18. The topological polar surface area (TPSA) is 69.2 Å². The van der Waals surface area contributed by atoms with E-state index in [-0.39, 0.29) is 0 Å². The number of ether oxygens (including phenoxy) is 2. The van der Waals surface area contributed by atoms with Crippen molar-refractivity contribution in [2.45, 2.75) is 13.3 Å². The smallest absolute Gasteiger partial charge is 0.183 e. The lowest BCUT2D eigenvalue weighted by atomic mass is 10.1. The molecule has 1 N–H and O–H groups in total. The summed E-state index contributed by atoms with van der Waals surface area (Å²) in [6.07, 6.45) is 2.82. The van der Waals surface area contributed by atoms with E-state index in [0.29, 0.717) is 38.6 Å². The van der Waals surface area contributed by atoms with Crippen LogP contribution < -0.4 is 14.8 Å². The summed E-state index contributed by atoms with van der Waals surface area (Å²) in [6, 6.07) is 12.9. The number of benzene rings is 2. The van der Waals surface area contributed by atoms with Crippen LogP contribution in [-0.2, 0) is 0 Å². The number of rotatable bonds is 8. The SMILES string of the molecule is CCCNc1ncc(-c2cc(-c3c(Cl)cc(OC)cc3Cl)nc(-c3cccc(OC)c3)n2)s1. The van der Waals surface area contributed by atoms with Gasteiger partial charge in [-0.15, -0.1) is 0 Å². The van der Waals surface area contributed by atoms with Crippen LogP contribution in [0.2, 0.25) is 10.0 Å². The zero-order chi connectivity index (χ0) is 23.4. The monoisotopic (exact) mass is 500 g/mol. The lowest BCUT2D eigenvalue weighted by molar-refractivity contribution is 0.415. The van der Waals surface area contributed by atoms with Gasteiger partial charge in [-0.25, -0.2) is 15.0 Å². The van der Waals surface area contributed by atoms with Gasteiger partial charge in [0.1, 0.15) is 11.5 Å². The molecule has 0 spiro atoms. The third-order valence-electron chi connectivity index (χ3n) is 4.85. The van der Waals surface area contributed by atoms with Crippen LogP contribution in [0.5, 0.6) is 11.5 Å². The molecule has 4 aromatic rings. The first-order chi connectivity index (χ1) is 16.0. The van der Waals surface area contributed by atoms with Crippen LogP contribution in [0, 0.1) is 0 Å². The Morgan fingerprint density at radius 2 is 1.67 bits per heavy atom. The van der Waals surface area contributed by atoms with E-state index < -0.39 is 0 Å². The van der Waals surface area contributed by atoms with Crippen LogP contribution in [0.25, 0.3) is 33.2 Å². The second kappa shape index (κ2) is 10.4. The Balaban J connectivity index is 1.88. The second-order valence-electron chi connectivity index (χ2n) is 7.12. The predicted molar refractivity (Wildman–Crippen MR) is 136 cm³/mol. The molecule has 9 heteroatoms. The molecule has 33 heavy (non-hydrogen) atoms. The Kier molecular flexibility index (Phi) is 7.33. The van der Waals surface area contributed by atoms with Crippen molar-refractivity contribution in [1.29, 1.82) is 0 Å². The Hall–Kier alpha value is -2.87. The van der Waals surface area contributed by atoms with Crippen molar-refractivity contribution < 1.29 is 9.47 Å². The maximum absolute atomic E-state index is 6.59. The minimum Gasteiger partial charge on any atom is -0.497 e. The fraction of sp³-hybridized carbons (Fsp3) is 0.208. The van der Waals surface area contributed by atoms with Crippen molar-refractivity contribution in [1.82, 2.24) is 15.0 Å². The molecule has 0 aliphatic rings. The van der Waals surface area contributed by atoms with Crippen molar-refractivity contribution in [2.75, 3.05) is 26.1 Å². The number of halogens is 2. The highest BCUT2D eigenvalue weighted by Gasteiger charge is 2.18. The van der Waals surface area contributed by atoms with Crippen LogP contribution in [0.1, 0.15) is 13.3 Å². The van der Waals surface area contributed by atoms with E-state index >= 15 is 0 Å². The van der Waals surface area contributed by atoms with Gasteiger partial charge in [0, 0.05) is 23.9 Å². The lowest BCUT2D eigenvalue weighted by Crippen LogP contribution is -1.98. The molecule has 0 atom stereocenters. The normalized spacial score (nSPS) is 10.8. The first kappa shape index (κ1) is 23.3. The fourth-order valence-corrected chi connectivity index (χ4v) is 4.67. The molecule has 0 radical (unpaired) electrons. The molecule has 0 aliphatic carbocycles. The molecule has 170 valence electrons. The first-order valence-electron chi connectivity index (χ1n) is 10.3. The molecule has 0 bridgehead atoms. The van der Waals surface area contributed by atoms with Gasteiger partial charge < -0.3 is 14.8 Å². The van der Waals surface area contributed by atoms with Gasteiger partial charge in [-0.1, -0.05) is 53.6 Å². The molecule has 0 saturated carbocycles. The number of hydrogen-bond acceptors (Lipinski definition) is 7. The van der Waals surface area contributed by atoms with Crippen LogP contribution in [0.3, 0.4) is 0 Å². The average molecular weight is 501 g/mol. The Bertz CT molecular complexity index is 1260. The summed E-state index contributed by atoms with van der Waals surface area (Å²) in [5.41, 5.74) is 2.75. The van der Waals surface area contributed by atoms with Crippen LogP contribution in [0.15, 0.2) is 48.7 Å². The largest absolute Gasteiger partial charge is 0.497 e. The van der Waals surface area contributed by atoms with Crippen molar-refractivity contribution in [3.63, 3.8) is 0 Å². The standard InChI is InChI=1S/C24H22Cl2N4O2S/c1-4-8-27-24-28-13-21(33-24)19-12-20(22-17(25)10-16(32-3)11-18(22)26)30-23(29-19)14-6-5-7-15(9-14)31-2/h5-7,9-13H,4,8H2,1-3H3,(H,27,28). The number of thiazole rings is 1. The van der Waals surface area contributed by atoms with Crippen molar-refractivity contribution in [3.05, 3.63) is 58.7 Å². The van der Waals surface area contributed by atoms with Gasteiger partial charge in [0.25, 0.3) is 0 Å². The second-order valence-corrected chi connectivity index (χ2v) is 8.96. The predicted octanol–water partition coefficient (Wildman–Crippen LogP) is 7.08. The molecular formula is C24H22Cl2N4O2S. The average Bonchev–Trinajstić information content (AvgIpc) is 3.31. The van der Waals surface area contributed by atoms with Gasteiger partial charge in [0.05, 0.1) is 40.5 Å². The molecule has 0 amide bonds. The summed E-state index contributed by atoms with van der Waals surface area (Å²) >= 11 is 14.7. The third kappa shape index (κ3) is 5.21. The van der Waals surface area contributed by atoms with Gasteiger partial charge in [-0.2, -0.15) is 0 Å². The van der Waals surface area contributed by atoms with Crippen LogP contribution in [-0.4, -0.2) is 35.7 Å². The Morgan fingerprint density at radius 1 is 0.939 bits per heavy atom. The van der Waals surface area contributed by atoms with E-state index in [4.69, 9.17) is 42.6 Å². The zero-order valence-corrected chi connectivity index (χ0v) is 20.7. The van der Waals surface area contributed by atoms with Crippen molar-refractivity contribution in [2.24, 2.45) is 0 Å². The highest BCUT2D eigenvalue weighted by atomic mass is 35.5. The zero-order valence-electron chi connectivity index (χ0n) is 18.4. The van der Waals surface area contributed by atoms with Crippen LogP contribution in [0.4, 0.5) is 5.13 Å². The van der Waals surface area contributed by atoms with E-state index in [9.17, 15) is 0 Å². The molecule has 0 fully saturated rings. The molecule has 4 rings (SSSR count). The number of aromatic nitrogens is 3. The molecule has 2 heterocycles. The van der Waals surface area contributed by atoms with E-state index in [1.54, 1.807) is 32.5 Å². The molecule has 6 nitrogen and oxygen atoms in total. The van der Waals surface area contributed by atoms with E-state index in [2.05, 4.69) is 17.2 Å². The number of methoxy groups -OCH3 is 2. The van der Waals surface area contributed by atoms with Gasteiger partial charge in [0.15, 0.2) is 11.0 Å². The fourth-order valence-electron chi connectivity index (χ4n) is 3.21. The van der Waals surface area contributed by atoms with Gasteiger partial charge in [0.2, 0.25) is 0 Å². The molecule has 2 aromatic carbocycles. The minimum absolute atomic E-state index is 0.440. The summed E-state index contributed by atoms with van der Waals surface area (Å²) in [5.74, 6) is 1.82. The lowest BCUT2D eigenvalue weighted by Gasteiger charge is -2.12.